The van der Waals surface area contributed by atoms with Crippen LogP contribution in [0.4, 0.5) is 9.52 Å². The zero-order chi connectivity index (χ0) is 15.4. The highest BCUT2D eigenvalue weighted by Gasteiger charge is 2.18. The van der Waals surface area contributed by atoms with Crippen molar-refractivity contribution in [2.24, 2.45) is 5.92 Å². The number of rotatable bonds is 6. The van der Waals surface area contributed by atoms with Crippen LogP contribution in [0, 0.1) is 18.7 Å². The summed E-state index contributed by atoms with van der Waals surface area (Å²) < 4.78 is 17.1. The van der Waals surface area contributed by atoms with E-state index in [1.165, 1.54) is 23.7 Å². The largest absolute Gasteiger partial charge is 0.387 e. The molecule has 0 saturated carbocycles. The van der Waals surface area contributed by atoms with E-state index in [9.17, 15) is 9.50 Å². The fourth-order valence-electron chi connectivity index (χ4n) is 2.09. The van der Waals surface area contributed by atoms with E-state index >= 15 is 0 Å². The van der Waals surface area contributed by atoms with Crippen molar-refractivity contribution >= 4 is 16.7 Å². The molecule has 0 amide bonds. The van der Waals surface area contributed by atoms with Gasteiger partial charge in [-0.05, 0) is 30.5 Å². The third-order valence-corrected chi connectivity index (χ3v) is 3.89. The Hall–Kier alpha value is -1.53. The number of aliphatic hydroxyl groups excluding tert-OH is 1. The van der Waals surface area contributed by atoms with Crippen LogP contribution in [-0.2, 0) is 0 Å². The Labute approximate surface area is 128 Å². The van der Waals surface area contributed by atoms with Gasteiger partial charge in [0, 0.05) is 18.1 Å². The first-order chi connectivity index (χ1) is 9.95. The van der Waals surface area contributed by atoms with E-state index in [2.05, 4.69) is 23.2 Å². The molecule has 2 aromatic rings. The number of hydrogen-bond acceptors (Lipinski definition) is 5. The summed E-state index contributed by atoms with van der Waals surface area (Å²) in [5.41, 5.74) is 0.700. The van der Waals surface area contributed by atoms with E-state index in [1.807, 2.05) is 11.8 Å². The van der Waals surface area contributed by atoms with Gasteiger partial charge in [0.1, 0.15) is 11.6 Å². The molecule has 1 unspecified atom stereocenters. The molecule has 0 fully saturated rings. The van der Waals surface area contributed by atoms with Gasteiger partial charge in [-0.15, -0.1) is 0 Å². The highest BCUT2D eigenvalue weighted by Crippen LogP contribution is 2.22. The van der Waals surface area contributed by atoms with E-state index in [0.29, 0.717) is 18.0 Å². The minimum absolute atomic E-state index is 0.301. The fraction of sp³-hybridized carbons (Fsp3) is 0.467. The molecule has 1 atom stereocenters. The maximum Gasteiger partial charge on any atom is 0.205 e. The van der Waals surface area contributed by atoms with Crippen LogP contribution in [-0.4, -0.2) is 27.6 Å². The molecule has 21 heavy (non-hydrogen) atoms. The highest BCUT2D eigenvalue weighted by molar-refractivity contribution is 7.09. The molecule has 0 bridgehead atoms. The predicted octanol–water partition coefficient (Wildman–Crippen LogP) is 3.18. The molecular weight excluding hydrogens is 289 g/mol. The van der Waals surface area contributed by atoms with Crippen molar-refractivity contribution in [3.05, 3.63) is 41.5 Å². The summed E-state index contributed by atoms with van der Waals surface area (Å²) in [6, 6.07) is 5.94. The summed E-state index contributed by atoms with van der Waals surface area (Å²) in [6.07, 6.45) is -0.687. The lowest BCUT2D eigenvalue weighted by Crippen LogP contribution is -2.32. The summed E-state index contributed by atoms with van der Waals surface area (Å²) in [5, 5.41) is 11.2. The Morgan fingerprint density at radius 3 is 2.43 bits per heavy atom. The van der Waals surface area contributed by atoms with Crippen LogP contribution in [0.3, 0.4) is 0 Å². The fourth-order valence-corrected chi connectivity index (χ4v) is 2.78. The maximum atomic E-state index is 12.9. The minimum Gasteiger partial charge on any atom is -0.387 e. The summed E-state index contributed by atoms with van der Waals surface area (Å²) in [4.78, 5) is 6.42. The number of anilines is 1. The van der Waals surface area contributed by atoms with Gasteiger partial charge in [-0.25, -0.2) is 9.37 Å². The van der Waals surface area contributed by atoms with Crippen molar-refractivity contribution in [2.45, 2.75) is 26.9 Å². The van der Waals surface area contributed by atoms with Crippen LogP contribution >= 0.6 is 11.5 Å². The van der Waals surface area contributed by atoms with Crippen molar-refractivity contribution in [2.75, 3.05) is 18.0 Å². The molecule has 2 rings (SSSR count). The zero-order valence-corrected chi connectivity index (χ0v) is 13.3. The number of halogens is 1. The van der Waals surface area contributed by atoms with Crippen LogP contribution in [0.15, 0.2) is 24.3 Å². The van der Waals surface area contributed by atoms with Crippen molar-refractivity contribution in [1.82, 2.24) is 9.36 Å². The van der Waals surface area contributed by atoms with Gasteiger partial charge in [0.05, 0.1) is 12.6 Å². The van der Waals surface area contributed by atoms with E-state index in [0.717, 1.165) is 17.5 Å². The second-order valence-corrected chi connectivity index (χ2v) is 6.22. The summed E-state index contributed by atoms with van der Waals surface area (Å²) >= 11 is 1.33. The number of aromatic nitrogens is 2. The number of nitrogens with zero attached hydrogens (tertiary/aromatic N) is 3. The van der Waals surface area contributed by atoms with Gasteiger partial charge in [-0.2, -0.15) is 4.37 Å². The SMILES string of the molecule is Cc1nsc(N(CC(C)C)CC(O)c2ccc(F)cc2)n1. The molecule has 0 saturated heterocycles. The lowest BCUT2D eigenvalue weighted by molar-refractivity contribution is 0.182. The summed E-state index contributed by atoms with van der Waals surface area (Å²) in [7, 11) is 0. The second kappa shape index (κ2) is 6.95. The number of hydrogen-bond donors (Lipinski definition) is 1. The number of aliphatic hydroxyl groups is 1. The molecule has 0 spiro atoms. The van der Waals surface area contributed by atoms with Gasteiger partial charge in [0.15, 0.2) is 0 Å². The van der Waals surface area contributed by atoms with E-state index in [-0.39, 0.29) is 5.82 Å². The first-order valence-electron chi connectivity index (χ1n) is 6.94. The number of aryl methyl sites for hydroxylation is 1. The predicted molar refractivity (Wildman–Crippen MR) is 83.1 cm³/mol. The maximum absolute atomic E-state index is 12.9. The average molecular weight is 309 g/mol. The second-order valence-electron chi connectivity index (χ2n) is 5.49. The van der Waals surface area contributed by atoms with Crippen LogP contribution in [0.25, 0.3) is 0 Å². The lowest BCUT2D eigenvalue weighted by Gasteiger charge is -2.26. The molecule has 1 heterocycles. The lowest BCUT2D eigenvalue weighted by atomic mass is 10.1. The van der Waals surface area contributed by atoms with Gasteiger partial charge in [-0.3, -0.25) is 0 Å². The first kappa shape index (κ1) is 15.9. The normalized spacial score (nSPS) is 12.7. The highest BCUT2D eigenvalue weighted by atomic mass is 32.1. The Morgan fingerprint density at radius 1 is 1.24 bits per heavy atom. The molecule has 0 aliphatic heterocycles. The molecule has 0 radical (unpaired) electrons. The van der Waals surface area contributed by atoms with Crippen molar-refractivity contribution < 1.29 is 9.50 Å². The average Bonchev–Trinajstić information content (AvgIpc) is 2.85. The van der Waals surface area contributed by atoms with Gasteiger partial charge >= 0.3 is 0 Å². The molecule has 1 aromatic carbocycles. The van der Waals surface area contributed by atoms with Crippen molar-refractivity contribution in [3.8, 4) is 0 Å². The monoisotopic (exact) mass is 309 g/mol. The summed E-state index contributed by atoms with van der Waals surface area (Å²) in [5.74, 6) is 0.874. The Bertz CT molecular complexity index is 571. The van der Waals surface area contributed by atoms with E-state index < -0.39 is 6.10 Å². The van der Waals surface area contributed by atoms with Crippen LogP contribution < -0.4 is 4.90 Å². The van der Waals surface area contributed by atoms with Gasteiger partial charge in [0.25, 0.3) is 0 Å². The molecule has 0 aliphatic rings. The van der Waals surface area contributed by atoms with Crippen LogP contribution in [0.2, 0.25) is 0 Å². The Morgan fingerprint density at radius 2 is 1.90 bits per heavy atom. The van der Waals surface area contributed by atoms with Crippen molar-refractivity contribution in [3.63, 3.8) is 0 Å². The Kier molecular flexibility index (Phi) is 5.25. The Balaban J connectivity index is 2.12. The third kappa shape index (κ3) is 4.47. The van der Waals surface area contributed by atoms with E-state index in [4.69, 9.17) is 0 Å². The molecule has 1 aromatic heterocycles. The van der Waals surface area contributed by atoms with Crippen LogP contribution in [0.1, 0.15) is 31.3 Å². The molecule has 6 heteroatoms. The van der Waals surface area contributed by atoms with Crippen LogP contribution in [0.5, 0.6) is 0 Å². The number of benzene rings is 1. The third-order valence-electron chi connectivity index (χ3n) is 3.02. The molecular formula is C15H20FN3OS. The van der Waals surface area contributed by atoms with Gasteiger partial charge in [-0.1, -0.05) is 26.0 Å². The molecule has 114 valence electrons. The summed E-state index contributed by atoms with van der Waals surface area (Å²) in [6.45, 7) is 7.28. The molecule has 4 nitrogen and oxygen atoms in total. The van der Waals surface area contributed by atoms with Gasteiger partial charge < -0.3 is 10.0 Å². The molecule has 1 N–H and O–H groups in total. The first-order valence-corrected chi connectivity index (χ1v) is 7.72. The molecule has 0 aliphatic carbocycles. The van der Waals surface area contributed by atoms with Gasteiger partial charge in [0.2, 0.25) is 5.13 Å². The standard InChI is InChI=1S/C15H20FN3OS/c1-10(2)8-19(15-17-11(3)18-21-15)9-14(20)12-4-6-13(16)7-5-12/h4-7,10,14,20H,8-9H2,1-3H3. The smallest absolute Gasteiger partial charge is 0.205 e. The van der Waals surface area contributed by atoms with Crippen molar-refractivity contribution in [1.29, 1.82) is 0 Å². The zero-order valence-electron chi connectivity index (χ0n) is 12.5. The quantitative estimate of drug-likeness (QED) is 0.890. The topological polar surface area (TPSA) is 49.2 Å². The van der Waals surface area contributed by atoms with E-state index in [1.54, 1.807) is 12.1 Å². The minimum atomic E-state index is -0.687.